The number of rotatable bonds is 4. The van der Waals surface area contributed by atoms with Crippen LogP contribution in [0.5, 0.6) is 0 Å². The maximum Gasteiger partial charge on any atom is 0.0579 e. The average Bonchev–Trinajstić information content (AvgIpc) is 2.87. The van der Waals surface area contributed by atoms with E-state index in [-0.39, 0.29) is 0 Å². The largest absolute Gasteiger partial charge is 0.380 e. The fourth-order valence-corrected chi connectivity index (χ4v) is 3.68. The van der Waals surface area contributed by atoms with Crippen molar-refractivity contribution < 1.29 is 0 Å². The zero-order valence-corrected chi connectivity index (χ0v) is 13.5. The first-order valence-corrected chi connectivity index (χ1v) is 7.94. The van der Waals surface area contributed by atoms with Crippen LogP contribution in [0.25, 0.3) is 10.1 Å². The van der Waals surface area contributed by atoms with Gasteiger partial charge in [0, 0.05) is 31.2 Å². The summed E-state index contributed by atoms with van der Waals surface area (Å²) in [4.78, 5) is 3.54. The second kappa shape index (κ2) is 5.78. The van der Waals surface area contributed by atoms with Crippen LogP contribution in [0.1, 0.15) is 10.4 Å². The van der Waals surface area contributed by atoms with Crippen LogP contribution in [0.3, 0.4) is 0 Å². The standard InChI is InChI=1S/C18H20N2S/c1-13-6-4-8-15(10-13)19-12-16-11-14-7-5-9-17(20(2)3)18(14)21-16/h4-11,19H,12H2,1-3H3. The van der Waals surface area contributed by atoms with E-state index in [1.165, 1.54) is 31.9 Å². The second-order valence-corrected chi connectivity index (χ2v) is 6.66. The Morgan fingerprint density at radius 2 is 1.86 bits per heavy atom. The number of hydrogen-bond donors (Lipinski definition) is 1. The molecule has 3 rings (SSSR count). The first kappa shape index (κ1) is 14.0. The highest BCUT2D eigenvalue weighted by Gasteiger charge is 2.07. The van der Waals surface area contributed by atoms with Crippen molar-refractivity contribution in [1.29, 1.82) is 0 Å². The lowest BCUT2D eigenvalue weighted by atomic mass is 10.2. The summed E-state index contributed by atoms with van der Waals surface area (Å²) in [6.45, 7) is 2.99. The van der Waals surface area contributed by atoms with E-state index >= 15 is 0 Å². The molecule has 0 bridgehead atoms. The molecule has 0 atom stereocenters. The van der Waals surface area contributed by atoms with E-state index in [4.69, 9.17) is 0 Å². The Morgan fingerprint density at radius 1 is 1.05 bits per heavy atom. The normalized spacial score (nSPS) is 10.8. The molecule has 0 amide bonds. The van der Waals surface area contributed by atoms with Crippen molar-refractivity contribution >= 4 is 32.8 Å². The third-order valence-electron chi connectivity index (χ3n) is 3.54. The van der Waals surface area contributed by atoms with E-state index in [1.54, 1.807) is 0 Å². The highest BCUT2D eigenvalue weighted by molar-refractivity contribution is 7.19. The van der Waals surface area contributed by atoms with Gasteiger partial charge in [-0.25, -0.2) is 0 Å². The molecule has 0 aliphatic carbocycles. The third-order valence-corrected chi connectivity index (χ3v) is 4.71. The Kier molecular flexibility index (Phi) is 3.84. The predicted molar refractivity (Wildman–Crippen MR) is 94.7 cm³/mol. The second-order valence-electron chi connectivity index (χ2n) is 5.53. The lowest BCUT2D eigenvalue weighted by Crippen LogP contribution is -2.08. The minimum atomic E-state index is 0.871. The minimum Gasteiger partial charge on any atom is -0.380 e. The summed E-state index contributed by atoms with van der Waals surface area (Å²) >= 11 is 1.87. The van der Waals surface area contributed by atoms with Crippen LogP contribution < -0.4 is 10.2 Å². The van der Waals surface area contributed by atoms with Crippen molar-refractivity contribution in [3.05, 3.63) is 59.0 Å². The van der Waals surface area contributed by atoms with Crippen molar-refractivity contribution in [3.63, 3.8) is 0 Å². The fourth-order valence-electron chi connectivity index (χ4n) is 2.48. The number of nitrogens with one attached hydrogen (secondary N) is 1. The summed E-state index contributed by atoms with van der Waals surface area (Å²) in [6, 6.07) is 17.3. The molecule has 21 heavy (non-hydrogen) atoms. The van der Waals surface area contributed by atoms with E-state index < -0.39 is 0 Å². The highest BCUT2D eigenvalue weighted by Crippen LogP contribution is 2.33. The summed E-state index contributed by atoms with van der Waals surface area (Å²) in [5.41, 5.74) is 3.76. The molecule has 0 unspecified atom stereocenters. The number of benzene rings is 2. The van der Waals surface area contributed by atoms with Crippen molar-refractivity contribution in [3.8, 4) is 0 Å². The molecule has 1 aromatic heterocycles. The van der Waals surface area contributed by atoms with Crippen LogP contribution in [0.4, 0.5) is 11.4 Å². The lowest BCUT2D eigenvalue weighted by Gasteiger charge is -2.12. The average molecular weight is 296 g/mol. The monoisotopic (exact) mass is 296 g/mol. The number of hydrogen-bond acceptors (Lipinski definition) is 3. The van der Waals surface area contributed by atoms with Crippen LogP contribution in [-0.4, -0.2) is 14.1 Å². The van der Waals surface area contributed by atoms with Crippen LogP contribution in [0.15, 0.2) is 48.5 Å². The number of fused-ring (bicyclic) bond motifs is 1. The summed E-state index contributed by atoms with van der Waals surface area (Å²) < 4.78 is 1.36. The first-order valence-electron chi connectivity index (χ1n) is 7.13. The molecule has 0 saturated heterocycles. The number of thiophene rings is 1. The fraction of sp³-hybridized carbons (Fsp3) is 0.222. The van der Waals surface area contributed by atoms with Gasteiger partial charge in [0.25, 0.3) is 0 Å². The van der Waals surface area contributed by atoms with Crippen LogP contribution in [0.2, 0.25) is 0 Å². The molecule has 0 aliphatic rings. The number of anilines is 2. The molecule has 2 nitrogen and oxygen atoms in total. The summed E-state index contributed by atoms with van der Waals surface area (Å²) in [5, 5.41) is 4.83. The van der Waals surface area contributed by atoms with Gasteiger partial charge in [0.2, 0.25) is 0 Å². The summed E-state index contributed by atoms with van der Waals surface area (Å²) in [5.74, 6) is 0. The maximum absolute atomic E-state index is 3.51. The molecule has 0 fully saturated rings. The van der Waals surface area contributed by atoms with Crippen LogP contribution in [-0.2, 0) is 6.54 Å². The molecule has 2 aromatic carbocycles. The Labute approximate surface area is 130 Å². The van der Waals surface area contributed by atoms with E-state index in [0.29, 0.717) is 0 Å². The molecule has 0 radical (unpaired) electrons. The molecule has 3 aromatic rings. The van der Waals surface area contributed by atoms with E-state index in [1.807, 2.05) is 11.3 Å². The number of aryl methyl sites for hydroxylation is 1. The van der Waals surface area contributed by atoms with Gasteiger partial charge in [0.15, 0.2) is 0 Å². The van der Waals surface area contributed by atoms with Gasteiger partial charge in [-0.3, -0.25) is 0 Å². The van der Waals surface area contributed by atoms with Crippen molar-refractivity contribution in [2.24, 2.45) is 0 Å². The molecule has 3 heteroatoms. The summed E-state index contributed by atoms with van der Waals surface area (Å²) in [6.07, 6.45) is 0. The van der Waals surface area contributed by atoms with Gasteiger partial charge >= 0.3 is 0 Å². The van der Waals surface area contributed by atoms with Gasteiger partial charge < -0.3 is 10.2 Å². The van der Waals surface area contributed by atoms with Crippen LogP contribution >= 0.6 is 11.3 Å². The van der Waals surface area contributed by atoms with Gasteiger partial charge in [-0.2, -0.15) is 0 Å². The summed E-state index contributed by atoms with van der Waals surface area (Å²) in [7, 11) is 4.19. The molecule has 108 valence electrons. The molecule has 1 N–H and O–H groups in total. The molecule has 0 spiro atoms. The van der Waals surface area contributed by atoms with Gasteiger partial charge in [-0.05, 0) is 42.1 Å². The third kappa shape index (κ3) is 3.03. The van der Waals surface area contributed by atoms with Crippen molar-refractivity contribution in [2.45, 2.75) is 13.5 Å². The smallest absolute Gasteiger partial charge is 0.0579 e. The van der Waals surface area contributed by atoms with Crippen molar-refractivity contribution in [2.75, 3.05) is 24.3 Å². The van der Waals surface area contributed by atoms with Gasteiger partial charge in [-0.15, -0.1) is 11.3 Å². The molecule has 1 heterocycles. The van der Waals surface area contributed by atoms with E-state index in [2.05, 4.69) is 79.8 Å². The molecular formula is C18H20N2S. The predicted octanol–water partition coefficient (Wildman–Crippen LogP) is 4.89. The minimum absolute atomic E-state index is 0.871. The SMILES string of the molecule is Cc1cccc(NCc2cc3cccc(N(C)C)c3s2)c1. The van der Waals surface area contributed by atoms with Crippen LogP contribution in [0, 0.1) is 6.92 Å². The number of nitrogens with zero attached hydrogens (tertiary/aromatic N) is 1. The highest BCUT2D eigenvalue weighted by atomic mass is 32.1. The quantitative estimate of drug-likeness (QED) is 0.737. The Balaban J connectivity index is 1.83. The first-order chi connectivity index (χ1) is 10.1. The Hall–Kier alpha value is -2.00. The molecular weight excluding hydrogens is 276 g/mol. The molecule has 0 saturated carbocycles. The topological polar surface area (TPSA) is 15.3 Å². The lowest BCUT2D eigenvalue weighted by molar-refractivity contribution is 1.14. The Bertz CT molecular complexity index is 759. The Morgan fingerprint density at radius 3 is 2.62 bits per heavy atom. The zero-order valence-electron chi connectivity index (χ0n) is 12.7. The van der Waals surface area contributed by atoms with E-state index in [9.17, 15) is 0 Å². The molecule has 0 aliphatic heterocycles. The maximum atomic E-state index is 3.51. The zero-order chi connectivity index (χ0) is 14.8. The van der Waals surface area contributed by atoms with E-state index in [0.717, 1.165) is 6.54 Å². The van der Waals surface area contributed by atoms with Gasteiger partial charge in [0.05, 0.1) is 10.4 Å². The van der Waals surface area contributed by atoms with Gasteiger partial charge in [0.1, 0.15) is 0 Å². The van der Waals surface area contributed by atoms with Gasteiger partial charge in [-0.1, -0.05) is 24.3 Å². The van der Waals surface area contributed by atoms with Crippen molar-refractivity contribution in [1.82, 2.24) is 0 Å².